The summed E-state index contributed by atoms with van der Waals surface area (Å²) in [6.07, 6.45) is 5.35. The van der Waals surface area contributed by atoms with Crippen molar-refractivity contribution in [2.75, 3.05) is 13.2 Å². The summed E-state index contributed by atoms with van der Waals surface area (Å²) in [6.45, 7) is 4.27. The van der Waals surface area contributed by atoms with Gasteiger partial charge in [-0.1, -0.05) is 43.2 Å². The van der Waals surface area contributed by atoms with Crippen LogP contribution in [0.5, 0.6) is 0 Å². The van der Waals surface area contributed by atoms with Crippen LogP contribution in [0.15, 0.2) is 30.3 Å². The fraction of sp³-hybridized carbons (Fsp3) is 0.667. The van der Waals surface area contributed by atoms with E-state index in [2.05, 4.69) is 5.32 Å². The molecule has 2 bridgehead atoms. The van der Waals surface area contributed by atoms with E-state index >= 15 is 0 Å². The molecule has 0 aromatic heterocycles. The Labute approximate surface area is 207 Å². The molecule has 3 aliphatic carbocycles. The second kappa shape index (κ2) is 11.0. The Balaban J connectivity index is 1.45. The minimum atomic E-state index is -1.36. The van der Waals surface area contributed by atoms with Gasteiger partial charge in [-0.25, -0.2) is 4.79 Å². The Morgan fingerprint density at radius 1 is 1.14 bits per heavy atom. The summed E-state index contributed by atoms with van der Waals surface area (Å²) in [5.41, 5.74) is 1.04. The maximum absolute atomic E-state index is 13.6. The molecule has 1 heterocycles. The molecule has 1 saturated heterocycles. The van der Waals surface area contributed by atoms with E-state index in [4.69, 9.17) is 9.47 Å². The standard InChI is InChI=1S/C27H38N2O6/c1-3-34-25(31)22(14-11-19-7-5-4-6-8-19)28-18(2)24(30)29-17-27(16-23(29)35-26(32)33)15-20-9-12-21(27)13-10-20/h4-8,18,20-23,28H,3,9-17H2,1-2H3,(H,32,33)/t18-,20?,21?,22-,23+,27-/m1/s1. The number of aryl methyl sites for hydroxylation is 1. The molecule has 8 nitrogen and oxygen atoms in total. The molecule has 1 amide bonds. The van der Waals surface area contributed by atoms with Crippen molar-refractivity contribution in [3.8, 4) is 0 Å². The highest BCUT2D eigenvalue weighted by Crippen LogP contribution is 2.58. The summed E-state index contributed by atoms with van der Waals surface area (Å²) >= 11 is 0. The predicted octanol–water partition coefficient (Wildman–Crippen LogP) is 3.98. The van der Waals surface area contributed by atoms with Crippen molar-refractivity contribution in [3.63, 3.8) is 0 Å². The highest BCUT2D eigenvalue weighted by atomic mass is 16.7. The topological polar surface area (TPSA) is 105 Å². The molecule has 1 aromatic carbocycles. The SMILES string of the molecule is CCOC(=O)[C@@H](CCc1ccccc1)N[C@H](C)C(=O)N1C[C@@]2(CC3CCC2CC3)C[C@@H]1OC(=O)O. The monoisotopic (exact) mass is 486 g/mol. The number of hydrogen-bond donors (Lipinski definition) is 2. The summed E-state index contributed by atoms with van der Waals surface area (Å²) in [6, 6.07) is 8.54. The van der Waals surface area contributed by atoms with Gasteiger partial charge in [0.15, 0.2) is 6.23 Å². The van der Waals surface area contributed by atoms with Crippen molar-refractivity contribution in [1.29, 1.82) is 0 Å². The number of rotatable bonds is 9. The Morgan fingerprint density at radius 3 is 2.46 bits per heavy atom. The molecule has 4 fully saturated rings. The molecule has 5 rings (SSSR count). The molecule has 2 N–H and O–H groups in total. The van der Waals surface area contributed by atoms with E-state index in [1.165, 1.54) is 12.8 Å². The number of esters is 1. The molecule has 35 heavy (non-hydrogen) atoms. The zero-order chi connectivity index (χ0) is 25.0. The van der Waals surface area contributed by atoms with Crippen LogP contribution in [0.1, 0.15) is 64.4 Å². The minimum absolute atomic E-state index is 0.0650. The normalized spacial score (nSPS) is 29.1. The Kier molecular flexibility index (Phi) is 7.99. The van der Waals surface area contributed by atoms with Gasteiger partial charge in [-0.05, 0) is 68.8 Å². The summed E-state index contributed by atoms with van der Waals surface area (Å²) in [7, 11) is 0. The van der Waals surface area contributed by atoms with Crippen LogP contribution in [0.3, 0.4) is 0 Å². The van der Waals surface area contributed by atoms with E-state index in [0.29, 0.717) is 37.6 Å². The average molecular weight is 487 g/mol. The second-order valence-corrected chi connectivity index (χ2v) is 10.5. The molecule has 8 heteroatoms. The summed E-state index contributed by atoms with van der Waals surface area (Å²) < 4.78 is 10.5. The van der Waals surface area contributed by atoms with Crippen LogP contribution < -0.4 is 5.32 Å². The van der Waals surface area contributed by atoms with E-state index in [1.807, 2.05) is 30.3 Å². The van der Waals surface area contributed by atoms with Crippen LogP contribution in [0.25, 0.3) is 0 Å². The number of carbonyl (C=O) groups excluding carboxylic acids is 2. The van der Waals surface area contributed by atoms with Gasteiger partial charge in [-0.2, -0.15) is 0 Å². The third-order valence-corrected chi connectivity index (χ3v) is 8.30. The summed E-state index contributed by atoms with van der Waals surface area (Å²) in [5.74, 6) is 0.543. The number of hydrogen-bond acceptors (Lipinski definition) is 6. The first-order valence-electron chi connectivity index (χ1n) is 13.0. The predicted molar refractivity (Wildman–Crippen MR) is 130 cm³/mol. The molecule has 4 atom stereocenters. The molecule has 1 aromatic rings. The maximum atomic E-state index is 13.6. The van der Waals surface area contributed by atoms with Crippen molar-refractivity contribution >= 4 is 18.0 Å². The zero-order valence-corrected chi connectivity index (χ0v) is 20.8. The number of carbonyl (C=O) groups is 3. The first-order chi connectivity index (χ1) is 16.8. The number of nitrogens with zero attached hydrogens (tertiary/aromatic N) is 1. The Morgan fingerprint density at radius 2 is 1.86 bits per heavy atom. The largest absolute Gasteiger partial charge is 0.507 e. The molecular formula is C27H38N2O6. The lowest BCUT2D eigenvalue weighted by Gasteiger charge is -2.49. The van der Waals surface area contributed by atoms with Gasteiger partial charge in [-0.15, -0.1) is 0 Å². The molecular weight excluding hydrogens is 448 g/mol. The first kappa shape index (κ1) is 25.5. The fourth-order valence-electron chi connectivity index (χ4n) is 6.66. The van der Waals surface area contributed by atoms with Crippen LogP contribution >= 0.6 is 0 Å². The number of fused-ring (bicyclic) bond motifs is 2. The average Bonchev–Trinajstić information content (AvgIpc) is 3.18. The summed E-state index contributed by atoms with van der Waals surface area (Å²) in [4.78, 5) is 39.3. The third kappa shape index (κ3) is 5.80. The molecule has 4 aliphatic rings. The first-order valence-corrected chi connectivity index (χ1v) is 13.0. The number of carboxylic acid groups (broad SMARTS) is 1. The van der Waals surface area contributed by atoms with Crippen LogP contribution in [0.2, 0.25) is 0 Å². The van der Waals surface area contributed by atoms with E-state index in [1.54, 1.807) is 18.7 Å². The Hall–Kier alpha value is -2.61. The molecule has 192 valence electrons. The van der Waals surface area contributed by atoms with Crippen molar-refractivity contribution in [1.82, 2.24) is 10.2 Å². The second-order valence-electron chi connectivity index (χ2n) is 10.5. The van der Waals surface area contributed by atoms with Gasteiger partial charge >= 0.3 is 12.1 Å². The zero-order valence-electron chi connectivity index (χ0n) is 20.8. The van der Waals surface area contributed by atoms with Crippen molar-refractivity contribution in [2.24, 2.45) is 17.3 Å². The van der Waals surface area contributed by atoms with Crippen LogP contribution in [-0.2, 0) is 25.5 Å². The number of likely N-dealkylation sites (tertiary alicyclic amines) is 1. The van der Waals surface area contributed by atoms with Gasteiger partial charge in [0, 0.05) is 13.0 Å². The van der Waals surface area contributed by atoms with Crippen molar-refractivity contribution < 1.29 is 29.0 Å². The van der Waals surface area contributed by atoms with Crippen molar-refractivity contribution in [2.45, 2.75) is 83.5 Å². The third-order valence-electron chi connectivity index (χ3n) is 8.30. The number of nitrogens with one attached hydrogen (secondary N) is 1. The van der Waals surface area contributed by atoms with Crippen LogP contribution in [-0.4, -0.2) is 59.5 Å². The van der Waals surface area contributed by atoms with Gasteiger partial charge in [-0.3, -0.25) is 14.9 Å². The molecule has 1 spiro atoms. The number of benzene rings is 1. The minimum Gasteiger partial charge on any atom is -0.465 e. The van der Waals surface area contributed by atoms with Gasteiger partial charge < -0.3 is 19.5 Å². The Bertz CT molecular complexity index is 900. The molecule has 3 saturated carbocycles. The number of ether oxygens (including phenoxy) is 2. The highest BCUT2D eigenvalue weighted by molar-refractivity contribution is 5.84. The van der Waals surface area contributed by atoms with E-state index < -0.39 is 24.5 Å². The molecule has 0 radical (unpaired) electrons. The van der Waals surface area contributed by atoms with E-state index in [-0.39, 0.29) is 23.9 Å². The summed E-state index contributed by atoms with van der Waals surface area (Å²) in [5, 5.41) is 12.5. The maximum Gasteiger partial charge on any atom is 0.507 e. The van der Waals surface area contributed by atoms with E-state index in [9.17, 15) is 19.5 Å². The van der Waals surface area contributed by atoms with Crippen molar-refractivity contribution in [3.05, 3.63) is 35.9 Å². The number of amides is 1. The fourth-order valence-corrected chi connectivity index (χ4v) is 6.66. The lowest BCUT2D eigenvalue weighted by atomic mass is 9.55. The van der Waals surface area contributed by atoms with Crippen LogP contribution in [0.4, 0.5) is 4.79 Å². The van der Waals surface area contributed by atoms with Gasteiger partial charge in [0.1, 0.15) is 6.04 Å². The smallest absolute Gasteiger partial charge is 0.465 e. The quantitative estimate of drug-likeness (QED) is 0.509. The molecule has 1 aliphatic heterocycles. The van der Waals surface area contributed by atoms with Gasteiger partial charge in [0.25, 0.3) is 0 Å². The van der Waals surface area contributed by atoms with Gasteiger partial charge in [0.05, 0.1) is 12.6 Å². The molecule has 0 unspecified atom stereocenters. The lowest BCUT2D eigenvalue weighted by Crippen LogP contribution is -2.53. The van der Waals surface area contributed by atoms with Gasteiger partial charge in [0.2, 0.25) is 5.91 Å². The van der Waals surface area contributed by atoms with E-state index in [0.717, 1.165) is 24.8 Å². The lowest BCUT2D eigenvalue weighted by molar-refractivity contribution is -0.147. The highest BCUT2D eigenvalue weighted by Gasteiger charge is 2.56. The van der Waals surface area contributed by atoms with Crippen LogP contribution in [0, 0.1) is 17.3 Å².